The number of unbranched alkanes of at least 4 members (excludes halogenated alkanes) is 3. The number of carbonyl (C=O) groups excluding carboxylic acids is 3. The van der Waals surface area contributed by atoms with Crippen LogP contribution in [0.3, 0.4) is 0 Å². The highest BCUT2D eigenvalue weighted by Gasteiger charge is 2.74. The predicted molar refractivity (Wildman–Crippen MR) is 206 cm³/mol. The number of aliphatic hydroxyl groups excluding tert-OH is 1. The number of amides is 1. The molecule has 51 heavy (non-hydrogen) atoms. The van der Waals surface area contributed by atoms with Crippen LogP contribution < -0.4 is 5.32 Å². The van der Waals surface area contributed by atoms with Crippen molar-refractivity contribution in [3.05, 3.63) is 58.7 Å². The Balaban J connectivity index is 1.55. The number of nitrogens with one attached hydrogen (secondary N) is 1. The van der Waals surface area contributed by atoms with Crippen LogP contribution in [0.5, 0.6) is 0 Å². The smallest absolute Gasteiger partial charge is 0.245 e. The number of hydrogen-bond acceptors (Lipinski definition) is 5. The summed E-state index contributed by atoms with van der Waals surface area (Å²) in [4.78, 5) is 42.3. The second-order valence-electron chi connectivity index (χ2n) is 18.2. The first kappa shape index (κ1) is 39.6. The monoisotopic (exact) mass is 702 g/mol. The first-order chi connectivity index (χ1) is 24.0. The third-order valence-corrected chi connectivity index (χ3v) is 14.5. The summed E-state index contributed by atoms with van der Waals surface area (Å²) in [7, 11) is 0. The highest BCUT2D eigenvalue weighted by molar-refractivity contribution is 6.16. The average molecular weight is 702 g/mol. The molecule has 0 aliphatic heterocycles. The van der Waals surface area contributed by atoms with E-state index in [2.05, 4.69) is 78.9 Å². The molecule has 0 aromatic carbocycles. The van der Waals surface area contributed by atoms with E-state index in [0.29, 0.717) is 48.2 Å². The fourth-order valence-electron chi connectivity index (χ4n) is 11.1. The molecule has 0 heterocycles. The normalized spacial score (nSPS) is 38.1. The van der Waals surface area contributed by atoms with Gasteiger partial charge in [0.1, 0.15) is 11.8 Å². The van der Waals surface area contributed by atoms with Crippen molar-refractivity contribution in [1.29, 1.82) is 0 Å². The maximum atomic E-state index is 14.9. The zero-order valence-electron chi connectivity index (χ0n) is 33.1. The molecule has 5 aliphatic rings. The summed E-state index contributed by atoms with van der Waals surface area (Å²) in [5.74, 6) is 0.492. The SMILES string of the molecule is CCCCCC[C@@H](C)/C=C(C)/C=C/C(=O)N[C@]1(C=O)C[C@H]2C[C@H]([C@@H](C)/C=C/[C@H](C)C(C)C)[C@@]3(C)CC[C@H]4C(=C1C(=O)C1=C[C@@H](O)CC[C@@]14C)[C@@]23O. The minimum absolute atomic E-state index is 0.139. The van der Waals surface area contributed by atoms with Gasteiger partial charge in [-0.3, -0.25) is 9.59 Å². The Morgan fingerprint density at radius 1 is 1.04 bits per heavy atom. The van der Waals surface area contributed by atoms with Crippen molar-refractivity contribution in [2.75, 3.05) is 0 Å². The summed E-state index contributed by atoms with van der Waals surface area (Å²) >= 11 is 0. The van der Waals surface area contributed by atoms with Gasteiger partial charge in [-0.15, -0.1) is 0 Å². The third-order valence-electron chi connectivity index (χ3n) is 14.5. The molecule has 282 valence electrons. The summed E-state index contributed by atoms with van der Waals surface area (Å²) in [6.07, 6.45) is 21.4. The van der Waals surface area contributed by atoms with E-state index in [1.54, 1.807) is 12.2 Å². The molecule has 6 nitrogen and oxygen atoms in total. The quantitative estimate of drug-likeness (QED) is 0.0553. The second-order valence-corrected chi connectivity index (χ2v) is 18.2. The second kappa shape index (κ2) is 15.0. The van der Waals surface area contributed by atoms with Crippen molar-refractivity contribution in [3.8, 4) is 0 Å². The van der Waals surface area contributed by atoms with Crippen molar-refractivity contribution in [2.24, 2.45) is 52.3 Å². The highest BCUT2D eigenvalue weighted by atomic mass is 16.3. The number of rotatable bonds is 14. The van der Waals surface area contributed by atoms with E-state index in [9.17, 15) is 24.6 Å². The molecule has 1 amide bonds. The van der Waals surface area contributed by atoms with Crippen molar-refractivity contribution in [2.45, 2.75) is 150 Å². The molecule has 2 saturated carbocycles. The Morgan fingerprint density at radius 2 is 1.76 bits per heavy atom. The van der Waals surface area contributed by atoms with Gasteiger partial charge >= 0.3 is 0 Å². The van der Waals surface area contributed by atoms with Gasteiger partial charge in [0.25, 0.3) is 0 Å². The number of fused-ring (bicyclic) bond motifs is 2. The Labute approximate surface area is 308 Å². The van der Waals surface area contributed by atoms with E-state index >= 15 is 0 Å². The van der Waals surface area contributed by atoms with Crippen LogP contribution in [-0.2, 0) is 14.4 Å². The summed E-state index contributed by atoms with van der Waals surface area (Å²) in [5, 5.41) is 27.2. The van der Waals surface area contributed by atoms with E-state index in [1.165, 1.54) is 31.8 Å². The lowest BCUT2D eigenvalue weighted by Gasteiger charge is -2.63. The molecule has 0 radical (unpaired) electrons. The topological polar surface area (TPSA) is 104 Å². The molecule has 2 fully saturated rings. The zero-order valence-corrected chi connectivity index (χ0v) is 33.1. The van der Waals surface area contributed by atoms with Crippen LogP contribution >= 0.6 is 0 Å². The first-order valence-corrected chi connectivity index (χ1v) is 20.2. The Bertz CT molecular complexity index is 1520. The third kappa shape index (κ3) is 6.86. The number of aldehydes is 1. The molecular weight excluding hydrogens is 634 g/mol. The number of hydrogen-bond donors (Lipinski definition) is 3. The van der Waals surface area contributed by atoms with Crippen LogP contribution in [0.2, 0.25) is 0 Å². The van der Waals surface area contributed by atoms with Gasteiger partial charge in [0, 0.05) is 28.1 Å². The molecule has 3 N–H and O–H groups in total. The van der Waals surface area contributed by atoms with Gasteiger partial charge in [0.05, 0.1) is 11.7 Å². The minimum atomic E-state index is -1.57. The fourth-order valence-corrected chi connectivity index (χ4v) is 11.1. The molecular formula is C45H67NO5. The number of Topliss-reactive ketones (excluding diaryl/α,β-unsaturated/α-hetero) is 1. The Kier molecular flexibility index (Phi) is 11.7. The number of ketones is 1. The molecule has 5 rings (SSSR count). The van der Waals surface area contributed by atoms with Crippen molar-refractivity contribution in [3.63, 3.8) is 0 Å². The maximum absolute atomic E-state index is 14.9. The number of aliphatic hydroxyl groups is 2. The van der Waals surface area contributed by atoms with Crippen molar-refractivity contribution < 1.29 is 24.6 Å². The molecule has 11 atom stereocenters. The van der Waals surface area contributed by atoms with Gasteiger partial charge < -0.3 is 20.3 Å². The van der Waals surface area contributed by atoms with Crippen LogP contribution in [0, 0.1) is 52.3 Å². The van der Waals surface area contributed by atoms with Gasteiger partial charge in [-0.2, -0.15) is 0 Å². The summed E-state index contributed by atoms with van der Waals surface area (Å²) in [6, 6.07) is 0. The van der Waals surface area contributed by atoms with Crippen molar-refractivity contribution >= 4 is 18.0 Å². The zero-order chi connectivity index (χ0) is 37.5. The van der Waals surface area contributed by atoms with Gasteiger partial charge in [0.15, 0.2) is 5.78 Å². The number of carbonyl (C=O) groups is 3. The molecule has 6 heteroatoms. The van der Waals surface area contributed by atoms with Crippen LogP contribution in [0.1, 0.15) is 133 Å². The summed E-state index contributed by atoms with van der Waals surface area (Å²) < 4.78 is 0. The van der Waals surface area contributed by atoms with E-state index in [4.69, 9.17) is 0 Å². The summed E-state index contributed by atoms with van der Waals surface area (Å²) in [6.45, 7) is 19.7. The van der Waals surface area contributed by atoms with Crippen LogP contribution in [-0.4, -0.2) is 45.4 Å². The largest absolute Gasteiger partial charge is 0.389 e. The van der Waals surface area contributed by atoms with Gasteiger partial charge in [-0.1, -0.05) is 111 Å². The van der Waals surface area contributed by atoms with E-state index in [0.717, 1.165) is 31.1 Å². The van der Waals surface area contributed by atoms with E-state index in [-0.39, 0.29) is 41.4 Å². The summed E-state index contributed by atoms with van der Waals surface area (Å²) in [5.41, 5.74) is -1.43. The minimum Gasteiger partial charge on any atom is -0.389 e. The molecule has 5 aliphatic carbocycles. The lowest BCUT2D eigenvalue weighted by atomic mass is 9.43. The van der Waals surface area contributed by atoms with Crippen LogP contribution in [0.25, 0.3) is 0 Å². The highest BCUT2D eigenvalue weighted by Crippen LogP contribution is 2.73. The van der Waals surface area contributed by atoms with Gasteiger partial charge in [-0.05, 0) is 105 Å². The molecule has 0 aromatic heterocycles. The predicted octanol–water partition coefficient (Wildman–Crippen LogP) is 8.79. The maximum Gasteiger partial charge on any atom is 0.245 e. The fraction of sp³-hybridized carbons (Fsp3) is 0.711. The molecule has 0 saturated heterocycles. The molecule has 0 unspecified atom stereocenters. The standard InChI is InChI=1S/C45H67NO5/c1-10-11-12-13-14-29(4)23-30(5)15-18-38(49)46-44(27-47)26-33-24-36(32(7)17-16-31(6)28(2)3)43(9)22-20-35-39(45(33,43)51)40(44)41(50)37-25-34(48)19-21-42(35,37)8/h15-18,23,25,27-29,31-36,48,51H,10-14,19-22,24,26H2,1-9H3,(H,46,49)/b17-16+,18-15+,30-23+/t29-,31+,32+,33-,34+,35+,36-,42-,43-,44+,45+/m1/s1. The van der Waals surface area contributed by atoms with Gasteiger partial charge in [-0.25, -0.2) is 0 Å². The Morgan fingerprint density at radius 3 is 2.43 bits per heavy atom. The van der Waals surface area contributed by atoms with E-state index in [1.807, 2.05) is 6.92 Å². The van der Waals surface area contributed by atoms with E-state index < -0.39 is 34.0 Å². The Hall–Kier alpha value is -2.57. The van der Waals surface area contributed by atoms with Gasteiger partial charge in [0.2, 0.25) is 5.91 Å². The first-order valence-electron chi connectivity index (χ1n) is 20.2. The lowest BCUT2D eigenvalue weighted by Crippen LogP contribution is -2.68. The lowest BCUT2D eigenvalue weighted by molar-refractivity contribution is -0.140. The average Bonchev–Trinajstić information content (AvgIpc) is 3.31. The van der Waals surface area contributed by atoms with Crippen LogP contribution in [0.15, 0.2) is 58.7 Å². The van der Waals surface area contributed by atoms with Crippen molar-refractivity contribution in [1.82, 2.24) is 5.32 Å². The molecule has 0 aromatic rings. The molecule has 0 bridgehead atoms. The number of allylic oxidation sites excluding steroid dienone is 6. The molecule has 0 spiro atoms. The van der Waals surface area contributed by atoms with Crippen LogP contribution in [0.4, 0.5) is 0 Å².